The Bertz CT molecular complexity index is 1280. The number of aliphatic hydroxyl groups excluding tert-OH is 1. The normalized spacial score (nSPS) is 12.5. The van der Waals surface area contributed by atoms with E-state index in [0.29, 0.717) is 25.0 Å². The van der Waals surface area contributed by atoms with Gasteiger partial charge >= 0.3 is 0 Å². The van der Waals surface area contributed by atoms with E-state index in [-0.39, 0.29) is 6.61 Å². The van der Waals surface area contributed by atoms with Gasteiger partial charge in [0.25, 0.3) is 0 Å². The molecule has 0 bridgehead atoms. The molecule has 0 aliphatic heterocycles. The van der Waals surface area contributed by atoms with E-state index in [1.807, 2.05) is 53.1 Å². The number of aromatic nitrogens is 2. The van der Waals surface area contributed by atoms with Crippen LogP contribution >= 0.6 is 0 Å². The standard InChI is InChI=1S/C30H36N2O3/c1-20(2)25-15-14-24(16-22(25)5)34-19-30-31-27-11-7-8-12-28(27)32(30)17-23(33)18-35-29-13-9-6-10-26(29)21(3)4/h6-16,20-21,23,33H,17-19H2,1-5H3. The van der Waals surface area contributed by atoms with Gasteiger partial charge in [-0.15, -0.1) is 0 Å². The summed E-state index contributed by atoms with van der Waals surface area (Å²) in [5.74, 6) is 3.24. The van der Waals surface area contributed by atoms with Gasteiger partial charge in [-0.2, -0.15) is 0 Å². The average Bonchev–Trinajstić information content (AvgIpc) is 3.18. The average molecular weight is 473 g/mol. The van der Waals surface area contributed by atoms with Gasteiger partial charge in [0.15, 0.2) is 0 Å². The van der Waals surface area contributed by atoms with Gasteiger partial charge in [0.2, 0.25) is 0 Å². The number of hydrogen-bond acceptors (Lipinski definition) is 4. The van der Waals surface area contributed by atoms with Crippen molar-refractivity contribution in [3.05, 3.63) is 89.2 Å². The predicted molar refractivity (Wildman–Crippen MR) is 141 cm³/mol. The van der Waals surface area contributed by atoms with Gasteiger partial charge in [0, 0.05) is 0 Å². The topological polar surface area (TPSA) is 56.5 Å². The van der Waals surface area contributed by atoms with Gasteiger partial charge in [-0.05, 0) is 65.8 Å². The molecule has 0 aliphatic carbocycles. The summed E-state index contributed by atoms with van der Waals surface area (Å²) in [7, 11) is 0. The zero-order valence-corrected chi connectivity index (χ0v) is 21.4. The first kappa shape index (κ1) is 24.8. The number of hydrogen-bond donors (Lipinski definition) is 1. The van der Waals surface area contributed by atoms with Gasteiger partial charge < -0.3 is 19.1 Å². The molecule has 1 heterocycles. The minimum absolute atomic E-state index is 0.201. The molecule has 184 valence electrons. The monoisotopic (exact) mass is 472 g/mol. The molecule has 0 aliphatic rings. The van der Waals surface area contributed by atoms with Crippen LogP contribution in [-0.4, -0.2) is 27.4 Å². The molecule has 0 radical (unpaired) electrons. The minimum atomic E-state index is -0.695. The molecule has 5 heteroatoms. The van der Waals surface area contributed by atoms with Crippen LogP contribution in [0.5, 0.6) is 11.5 Å². The van der Waals surface area contributed by atoms with Crippen molar-refractivity contribution in [3.8, 4) is 11.5 Å². The molecule has 5 nitrogen and oxygen atoms in total. The number of nitrogens with zero attached hydrogens (tertiary/aromatic N) is 2. The molecule has 3 aromatic carbocycles. The molecule has 4 rings (SSSR count). The Balaban J connectivity index is 1.49. The molecule has 0 spiro atoms. The van der Waals surface area contributed by atoms with E-state index >= 15 is 0 Å². The maximum Gasteiger partial charge on any atom is 0.148 e. The molecule has 0 amide bonds. The van der Waals surface area contributed by atoms with Gasteiger partial charge in [-0.25, -0.2) is 4.98 Å². The van der Waals surface area contributed by atoms with Crippen molar-refractivity contribution in [2.75, 3.05) is 6.61 Å². The Hall–Kier alpha value is -3.31. The van der Waals surface area contributed by atoms with E-state index in [1.165, 1.54) is 11.1 Å². The molecule has 0 saturated heterocycles. The molecule has 1 atom stereocenters. The van der Waals surface area contributed by atoms with Crippen LogP contribution in [0.1, 0.15) is 62.0 Å². The lowest BCUT2D eigenvalue weighted by atomic mass is 9.98. The summed E-state index contributed by atoms with van der Waals surface area (Å²) in [6.07, 6.45) is -0.695. The highest BCUT2D eigenvalue weighted by atomic mass is 16.5. The fourth-order valence-corrected chi connectivity index (χ4v) is 4.51. The van der Waals surface area contributed by atoms with Crippen molar-refractivity contribution in [1.29, 1.82) is 0 Å². The molecule has 0 saturated carbocycles. The quantitative estimate of drug-likeness (QED) is 0.282. The predicted octanol–water partition coefficient (Wildman–Crippen LogP) is 6.61. The van der Waals surface area contributed by atoms with Crippen LogP contribution < -0.4 is 9.47 Å². The van der Waals surface area contributed by atoms with Crippen molar-refractivity contribution in [1.82, 2.24) is 9.55 Å². The molecular formula is C30H36N2O3. The Morgan fingerprint density at radius 1 is 0.857 bits per heavy atom. The molecular weight excluding hydrogens is 436 g/mol. The number of ether oxygens (including phenoxy) is 2. The smallest absolute Gasteiger partial charge is 0.148 e. The molecule has 1 N–H and O–H groups in total. The lowest BCUT2D eigenvalue weighted by Gasteiger charge is -2.18. The maximum absolute atomic E-state index is 10.9. The van der Waals surface area contributed by atoms with Crippen LogP contribution in [0.2, 0.25) is 0 Å². The molecule has 35 heavy (non-hydrogen) atoms. The fourth-order valence-electron chi connectivity index (χ4n) is 4.51. The van der Waals surface area contributed by atoms with Crippen molar-refractivity contribution in [3.63, 3.8) is 0 Å². The Morgan fingerprint density at radius 3 is 2.31 bits per heavy atom. The summed E-state index contributed by atoms with van der Waals surface area (Å²) in [5, 5.41) is 10.9. The number of benzene rings is 3. The Kier molecular flexibility index (Phi) is 7.76. The second-order valence-corrected chi connectivity index (χ2v) is 9.75. The zero-order valence-electron chi connectivity index (χ0n) is 21.4. The number of imidazole rings is 1. The van der Waals surface area contributed by atoms with Crippen molar-refractivity contribution >= 4 is 11.0 Å². The highest BCUT2D eigenvalue weighted by Crippen LogP contribution is 2.27. The third-order valence-corrected chi connectivity index (χ3v) is 6.33. The van der Waals surface area contributed by atoms with Gasteiger partial charge in [0.05, 0.1) is 17.6 Å². The summed E-state index contributed by atoms with van der Waals surface area (Å²) >= 11 is 0. The Labute approximate surface area is 208 Å². The summed E-state index contributed by atoms with van der Waals surface area (Å²) in [5.41, 5.74) is 5.54. The summed E-state index contributed by atoms with van der Waals surface area (Å²) in [4.78, 5) is 4.79. The van der Waals surface area contributed by atoms with Crippen LogP contribution in [0, 0.1) is 6.92 Å². The summed E-state index contributed by atoms with van der Waals surface area (Å²) in [6, 6.07) is 22.2. The van der Waals surface area contributed by atoms with E-state index in [4.69, 9.17) is 14.5 Å². The van der Waals surface area contributed by atoms with E-state index in [2.05, 4.69) is 52.8 Å². The molecule has 0 fully saturated rings. The highest BCUT2D eigenvalue weighted by molar-refractivity contribution is 5.75. The molecule has 1 unspecified atom stereocenters. The lowest BCUT2D eigenvalue weighted by molar-refractivity contribution is 0.0911. The fraction of sp³-hybridized carbons (Fsp3) is 0.367. The van der Waals surface area contributed by atoms with Crippen molar-refractivity contribution in [2.45, 2.75) is 65.7 Å². The first-order valence-corrected chi connectivity index (χ1v) is 12.4. The van der Waals surface area contributed by atoms with Gasteiger partial charge in [0.1, 0.15) is 36.6 Å². The van der Waals surface area contributed by atoms with Crippen LogP contribution in [0.3, 0.4) is 0 Å². The van der Waals surface area contributed by atoms with E-state index in [9.17, 15) is 5.11 Å². The van der Waals surface area contributed by atoms with E-state index in [1.54, 1.807) is 0 Å². The highest BCUT2D eigenvalue weighted by Gasteiger charge is 2.17. The first-order valence-electron chi connectivity index (χ1n) is 12.4. The maximum atomic E-state index is 10.9. The van der Waals surface area contributed by atoms with Gasteiger partial charge in [-0.3, -0.25) is 0 Å². The Morgan fingerprint density at radius 2 is 1.57 bits per heavy atom. The van der Waals surface area contributed by atoms with Gasteiger partial charge in [-0.1, -0.05) is 64.1 Å². The van der Waals surface area contributed by atoms with E-state index in [0.717, 1.165) is 33.9 Å². The summed E-state index contributed by atoms with van der Waals surface area (Å²) < 4.78 is 14.2. The molecule has 4 aromatic rings. The van der Waals surface area contributed by atoms with Crippen molar-refractivity contribution < 1.29 is 14.6 Å². The minimum Gasteiger partial charge on any atom is -0.491 e. The SMILES string of the molecule is Cc1cc(OCc2nc3ccccc3n2CC(O)COc2ccccc2C(C)C)ccc1C(C)C. The zero-order chi connectivity index (χ0) is 24.9. The number of aliphatic hydroxyl groups is 1. The van der Waals surface area contributed by atoms with E-state index < -0.39 is 6.10 Å². The molecule has 1 aromatic heterocycles. The lowest BCUT2D eigenvalue weighted by Crippen LogP contribution is -2.25. The van der Waals surface area contributed by atoms with Crippen LogP contribution in [0.15, 0.2) is 66.7 Å². The third-order valence-electron chi connectivity index (χ3n) is 6.33. The second kappa shape index (κ2) is 11.0. The number of fused-ring (bicyclic) bond motifs is 1. The second-order valence-electron chi connectivity index (χ2n) is 9.75. The third kappa shape index (κ3) is 5.85. The number of aryl methyl sites for hydroxylation is 1. The number of rotatable bonds is 10. The number of para-hydroxylation sites is 3. The summed E-state index contributed by atoms with van der Waals surface area (Å²) in [6.45, 7) is 11.7. The first-order chi connectivity index (χ1) is 16.8. The van der Waals surface area contributed by atoms with Crippen LogP contribution in [0.25, 0.3) is 11.0 Å². The van der Waals surface area contributed by atoms with Crippen LogP contribution in [0.4, 0.5) is 0 Å². The van der Waals surface area contributed by atoms with Crippen molar-refractivity contribution in [2.24, 2.45) is 0 Å². The largest absolute Gasteiger partial charge is 0.491 e. The van der Waals surface area contributed by atoms with Crippen LogP contribution in [-0.2, 0) is 13.2 Å².